The van der Waals surface area contributed by atoms with Crippen molar-refractivity contribution < 1.29 is 9.47 Å². The third kappa shape index (κ3) is 3.22. The predicted octanol–water partition coefficient (Wildman–Crippen LogP) is 1.96. The van der Waals surface area contributed by atoms with Gasteiger partial charge >= 0.3 is 0 Å². The van der Waals surface area contributed by atoms with Crippen molar-refractivity contribution in [3.8, 4) is 0 Å². The van der Waals surface area contributed by atoms with Crippen LogP contribution < -0.4 is 0 Å². The summed E-state index contributed by atoms with van der Waals surface area (Å²) >= 11 is 0. The number of methoxy groups -OCH3 is 1. The van der Waals surface area contributed by atoms with Gasteiger partial charge in [0.15, 0.2) is 0 Å². The number of hydrogen-bond acceptors (Lipinski definition) is 3. The first kappa shape index (κ1) is 9.52. The second kappa shape index (κ2) is 5.14. The Balaban J connectivity index is 2.09. The van der Waals surface area contributed by atoms with E-state index in [4.69, 9.17) is 14.9 Å². The summed E-state index contributed by atoms with van der Waals surface area (Å²) < 4.78 is 10.2. The molecule has 0 saturated heterocycles. The van der Waals surface area contributed by atoms with E-state index < -0.39 is 0 Å². The molecule has 0 atom stereocenters. The molecule has 0 radical (unpaired) electrons. The lowest BCUT2D eigenvalue weighted by molar-refractivity contribution is 0.0454. The minimum atomic E-state index is 0.223. The molecule has 0 aromatic heterocycles. The molecule has 0 amide bonds. The molecule has 0 aromatic carbocycles. The molecule has 1 saturated carbocycles. The van der Waals surface area contributed by atoms with Gasteiger partial charge in [-0.25, -0.2) is 0 Å². The molecule has 3 nitrogen and oxygen atoms in total. The van der Waals surface area contributed by atoms with Crippen molar-refractivity contribution in [1.29, 1.82) is 5.41 Å². The summed E-state index contributed by atoms with van der Waals surface area (Å²) in [5.74, 6) is 0.223. The lowest BCUT2D eigenvalue weighted by Gasteiger charge is -2.21. The molecule has 1 rings (SSSR count). The topological polar surface area (TPSA) is 42.3 Å². The lowest BCUT2D eigenvalue weighted by atomic mass is 9.98. The average Bonchev–Trinajstić information content (AvgIpc) is 2.16. The van der Waals surface area contributed by atoms with Crippen molar-refractivity contribution in [2.75, 3.05) is 13.7 Å². The first-order valence-corrected chi connectivity index (χ1v) is 4.56. The molecule has 0 spiro atoms. The summed E-state index contributed by atoms with van der Waals surface area (Å²) in [5.41, 5.74) is 0. The maximum absolute atomic E-state index is 7.21. The molecule has 1 aliphatic rings. The fourth-order valence-corrected chi connectivity index (χ4v) is 1.48. The summed E-state index contributed by atoms with van der Waals surface area (Å²) in [4.78, 5) is 0. The van der Waals surface area contributed by atoms with E-state index in [2.05, 4.69) is 0 Å². The maximum Gasteiger partial charge on any atom is 0.206 e. The molecular weight excluding hydrogens is 154 g/mol. The molecule has 1 fully saturated rings. The van der Waals surface area contributed by atoms with Crippen molar-refractivity contribution in [2.45, 2.75) is 38.2 Å². The Morgan fingerprint density at radius 1 is 1.33 bits per heavy atom. The highest BCUT2D eigenvalue weighted by molar-refractivity contribution is 5.73. The number of nitrogens with one attached hydrogen (secondary N) is 1. The Bertz CT molecular complexity index is 141. The van der Waals surface area contributed by atoms with Crippen molar-refractivity contribution in [3.63, 3.8) is 0 Å². The van der Waals surface area contributed by atoms with E-state index in [1.54, 1.807) is 0 Å². The number of hydrogen-bond donors (Lipinski definition) is 1. The summed E-state index contributed by atoms with van der Waals surface area (Å²) in [6.07, 6.45) is 6.54. The van der Waals surface area contributed by atoms with E-state index in [1.807, 2.05) is 0 Å². The highest BCUT2D eigenvalue weighted by Crippen LogP contribution is 2.19. The zero-order valence-electron chi connectivity index (χ0n) is 7.64. The molecule has 0 bridgehead atoms. The van der Waals surface area contributed by atoms with Crippen molar-refractivity contribution >= 4 is 5.90 Å². The van der Waals surface area contributed by atoms with Crippen molar-refractivity contribution in [2.24, 2.45) is 0 Å². The maximum atomic E-state index is 7.21. The van der Waals surface area contributed by atoms with Gasteiger partial charge in [0.2, 0.25) is 5.90 Å². The summed E-state index contributed by atoms with van der Waals surface area (Å²) in [5, 5.41) is 7.21. The Labute approximate surface area is 73.6 Å². The second-order valence-corrected chi connectivity index (χ2v) is 3.20. The zero-order chi connectivity index (χ0) is 8.81. The van der Waals surface area contributed by atoms with Crippen molar-refractivity contribution in [1.82, 2.24) is 0 Å². The monoisotopic (exact) mass is 171 g/mol. The summed E-state index contributed by atoms with van der Waals surface area (Å²) in [7, 11) is 1.51. The molecule has 3 heteroatoms. The van der Waals surface area contributed by atoms with Crippen LogP contribution in [-0.4, -0.2) is 25.7 Å². The van der Waals surface area contributed by atoms with Crippen LogP contribution in [0, 0.1) is 5.41 Å². The van der Waals surface area contributed by atoms with Crippen molar-refractivity contribution in [3.05, 3.63) is 0 Å². The van der Waals surface area contributed by atoms with E-state index in [-0.39, 0.29) is 5.90 Å². The van der Waals surface area contributed by atoms with Gasteiger partial charge in [0, 0.05) is 0 Å². The lowest BCUT2D eigenvalue weighted by Crippen LogP contribution is -2.21. The Morgan fingerprint density at radius 2 is 2.00 bits per heavy atom. The fourth-order valence-electron chi connectivity index (χ4n) is 1.48. The smallest absolute Gasteiger partial charge is 0.206 e. The SMILES string of the molecule is COC(=N)COC1CCCCC1. The van der Waals surface area contributed by atoms with Crippen LogP contribution in [0.15, 0.2) is 0 Å². The predicted molar refractivity (Wildman–Crippen MR) is 47.6 cm³/mol. The molecule has 0 aliphatic heterocycles. The largest absolute Gasteiger partial charge is 0.483 e. The molecular formula is C9H17NO2. The van der Waals surface area contributed by atoms with Crippen LogP contribution >= 0.6 is 0 Å². The van der Waals surface area contributed by atoms with Gasteiger partial charge in [-0.3, -0.25) is 5.41 Å². The molecule has 12 heavy (non-hydrogen) atoms. The van der Waals surface area contributed by atoms with Gasteiger partial charge in [0.05, 0.1) is 13.2 Å². The van der Waals surface area contributed by atoms with Gasteiger partial charge in [0.25, 0.3) is 0 Å². The third-order valence-corrected chi connectivity index (χ3v) is 2.25. The highest BCUT2D eigenvalue weighted by Gasteiger charge is 2.13. The molecule has 70 valence electrons. The molecule has 0 aromatic rings. The second-order valence-electron chi connectivity index (χ2n) is 3.20. The van der Waals surface area contributed by atoms with Crippen LogP contribution in [0.4, 0.5) is 0 Å². The van der Waals surface area contributed by atoms with Crippen LogP contribution in [0.25, 0.3) is 0 Å². The highest BCUT2D eigenvalue weighted by atomic mass is 16.5. The van der Waals surface area contributed by atoms with E-state index in [9.17, 15) is 0 Å². The normalized spacial score (nSPS) is 19.1. The van der Waals surface area contributed by atoms with Gasteiger partial charge < -0.3 is 9.47 Å². The number of rotatable bonds is 3. The van der Waals surface area contributed by atoms with Gasteiger partial charge in [-0.1, -0.05) is 19.3 Å². The molecule has 1 N–H and O–H groups in total. The van der Waals surface area contributed by atoms with Gasteiger partial charge in [-0.2, -0.15) is 0 Å². The molecule has 1 aliphatic carbocycles. The summed E-state index contributed by atoms with van der Waals surface area (Å²) in [6.45, 7) is 0.334. The van der Waals surface area contributed by atoms with E-state index >= 15 is 0 Å². The minimum Gasteiger partial charge on any atom is -0.483 e. The molecule has 0 unspecified atom stereocenters. The Kier molecular flexibility index (Phi) is 4.08. The van der Waals surface area contributed by atoms with Crippen LogP contribution in [0.1, 0.15) is 32.1 Å². The first-order valence-electron chi connectivity index (χ1n) is 4.56. The Morgan fingerprint density at radius 3 is 2.58 bits per heavy atom. The van der Waals surface area contributed by atoms with E-state index in [0.29, 0.717) is 12.7 Å². The van der Waals surface area contributed by atoms with Gasteiger partial charge in [0.1, 0.15) is 6.61 Å². The van der Waals surface area contributed by atoms with Gasteiger partial charge in [-0.05, 0) is 12.8 Å². The van der Waals surface area contributed by atoms with Crippen LogP contribution in [0.3, 0.4) is 0 Å². The Hall–Kier alpha value is -0.570. The third-order valence-electron chi connectivity index (χ3n) is 2.25. The standard InChI is InChI=1S/C9H17NO2/c1-11-9(10)7-12-8-5-3-2-4-6-8/h8,10H,2-7H2,1H3. The van der Waals surface area contributed by atoms with Crippen LogP contribution in [0.2, 0.25) is 0 Å². The zero-order valence-corrected chi connectivity index (χ0v) is 7.64. The molecule has 0 heterocycles. The fraction of sp³-hybridized carbons (Fsp3) is 0.889. The van der Waals surface area contributed by atoms with E-state index in [1.165, 1.54) is 26.4 Å². The quantitative estimate of drug-likeness (QED) is 0.521. The average molecular weight is 171 g/mol. The minimum absolute atomic E-state index is 0.223. The summed E-state index contributed by atoms with van der Waals surface area (Å²) in [6, 6.07) is 0. The van der Waals surface area contributed by atoms with E-state index in [0.717, 1.165) is 12.8 Å². The van der Waals surface area contributed by atoms with Crippen LogP contribution in [0.5, 0.6) is 0 Å². The number of ether oxygens (including phenoxy) is 2. The van der Waals surface area contributed by atoms with Crippen LogP contribution in [-0.2, 0) is 9.47 Å². The first-order chi connectivity index (χ1) is 5.83. The van der Waals surface area contributed by atoms with Gasteiger partial charge in [-0.15, -0.1) is 0 Å².